The van der Waals surface area contributed by atoms with E-state index in [9.17, 15) is 14.4 Å². The van der Waals surface area contributed by atoms with Gasteiger partial charge >= 0.3 is 0 Å². The van der Waals surface area contributed by atoms with Gasteiger partial charge in [0.25, 0.3) is 0 Å². The van der Waals surface area contributed by atoms with Gasteiger partial charge in [-0.15, -0.1) is 0 Å². The van der Waals surface area contributed by atoms with Crippen LogP contribution in [0.15, 0.2) is 42.5 Å². The highest BCUT2D eigenvalue weighted by atomic mass is 16.2. The number of ketones is 1. The van der Waals surface area contributed by atoms with Crippen LogP contribution in [0.4, 0.5) is 5.69 Å². The Bertz CT molecular complexity index is 922. The molecular weight excluding hydrogens is 314 g/mol. The summed E-state index contributed by atoms with van der Waals surface area (Å²) in [4.78, 5) is 39.5. The smallest absolute Gasteiger partial charge is 0.237 e. The summed E-state index contributed by atoms with van der Waals surface area (Å²) in [6.07, 6.45) is 3.60. The van der Waals surface area contributed by atoms with Crippen LogP contribution in [0.25, 0.3) is 11.1 Å². The van der Waals surface area contributed by atoms with E-state index < -0.39 is 0 Å². The van der Waals surface area contributed by atoms with E-state index in [1.54, 1.807) is 12.1 Å². The van der Waals surface area contributed by atoms with E-state index in [0.29, 0.717) is 16.8 Å². The van der Waals surface area contributed by atoms with E-state index in [-0.39, 0.29) is 29.4 Å². The molecule has 1 heterocycles. The van der Waals surface area contributed by atoms with Gasteiger partial charge in [-0.25, -0.2) is 0 Å². The molecule has 0 bridgehead atoms. The molecule has 0 spiro atoms. The minimum absolute atomic E-state index is 0.0380. The number of anilines is 1. The molecule has 4 heteroatoms. The van der Waals surface area contributed by atoms with Gasteiger partial charge in [0, 0.05) is 11.1 Å². The molecule has 1 saturated heterocycles. The van der Waals surface area contributed by atoms with Crippen LogP contribution in [0, 0.1) is 11.8 Å². The number of hydrogen-bond donors (Lipinski definition) is 0. The van der Waals surface area contributed by atoms with Crippen LogP contribution < -0.4 is 4.90 Å². The van der Waals surface area contributed by atoms with Crippen LogP contribution in [-0.2, 0) is 9.59 Å². The Morgan fingerprint density at radius 2 is 1.32 bits per heavy atom. The molecule has 4 nitrogen and oxygen atoms in total. The first-order valence-corrected chi connectivity index (χ1v) is 8.83. The van der Waals surface area contributed by atoms with Crippen molar-refractivity contribution in [2.45, 2.75) is 25.7 Å². The predicted molar refractivity (Wildman–Crippen MR) is 93.3 cm³/mol. The van der Waals surface area contributed by atoms with Crippen molar-refractivity contribution >= 4 is 23.3 Å². The number of amides is 2. The Hall–Kier alpha value is -2.75. The van der Waals surface area contributed by atoms with Crippen LogP contribution in [0.3, 0.4) is 0 Å². The SMILES string of the molecule is O=C1c2ccccc2-c2ccc(N3C(=O)[C@H]4CCCC[C@H]4C3=O)cc21. The predicted octanol–water partition coefficient (Wildman–Crippen LogP) is 3.58. The summed E-state index contributed by atoms with van der Waals surface area (Å²) in [6, 6.07) is 12.9. The number of carbonyl (C=O) groups excluding carboxylic acids is 3. The van der Waals surface area contributed by atoms with Gasteiger partial charge in [0.15, 0.2) is 5.78 Å². The Kier molecular flexibility index (Phi) is 2.99. The third-order valence-electron chi connectivity index (χ3n) is 5.81. The Morgan fingerprint density at radius 1 is 0.720 bits per heavy atom. The number of imide groups is 1. The first-order valence-electron chi connectivity index (χ1n) is 8.83. The summed E-state index contributed by atoms with van der Waals surface area (Å²) in [6.45, 7) is 0. The molecular formula is C21H17NO3. The summed E-state index contributed by atoms with van der Waals surface area (Å²) in [5.74, 6) is -0.594. The molecule has 124 valence electrons. The third kappa shape index (κ3) is 1.91. The molecule has 0 unspecified atom stereocenters. The van der Waals surface area contributed by atoms with Crippen molar-refractivity contribution in [3.05, 3.63) is 53.6 Å². The number of carbonyl (C=O) groups is 3. The van der Waals surface area contributed by atoms with Crippen LogP contribution >= 0.6 is 0 Å². The van der Waals surface area contributed by atoms with Gasteiger partial charge in [0.1, 0.15) is 0 Å². The van der Waals surface area contributed by atoms with Crippen molar-refractivity contribution in [1.29, 1.82) is 0 Å². The molecule has 25 heavy (non-hydrogen) atoms. The van der Waals surface area contributed by atoms with E-state index in [0.717, 1.165) is 36.8 Å². The third-order valence-corrected chi connectivity index (χ3v) is 5.81. The van der Waals surface area contributed by atoms with Gasteiger partial charge in [-0.1, -0.05) is 43.2 Å². The van der Waals surface area contributed by atoms with Gasteiger partial charge in [0.05, 0.1) is 17.5 Å². The van der Waals surface area contributed by atoms with Gasteiger partial charge < -0.3 is 0 Å². The Morgan fingerprint density at radius 3 is 2.00 bits per heavy atom. The maximum Gasteiger partial charge on any atom is 0.237 e. The number of rotatable bonds is 1. The van der Waals surface area contributed by atoms with Crippen molar-refractivity contribution < 1.29 is 14.4 Å². The maximum atomic E-state index is 12.8. The highest BCUT2D eigenvalue weighted by molar-refractivity contribution is 6.25. The minimum Gasteiger partial charge on any atom is -0.289 e. The Balaban J connectivity index is 1.58. The first-order chi connectivity index (χ1) is 12.2. The molecule has 2 atom stereocenters. The molecule has 0 aromatic heterocycles. The number of benzene rings is 2. The van der Waals surface area contributed by atoms with Crippen LogP contribution in [-0.4, -0.2) is 17.6 Å². The quantitative estimate of drug-likeness (QED) is 0.641. The second kappa shape index (κ2) is 5.12. The van der Waals surface area contributed by atoms with Gasteiger partial charge in [-0.2, -0.15) is 0 Å². The fraction of sp³-hybridized carbons (Fsp3) is 0.286. The number of nitrogens with zero attached hydrogens (tertiary/aromatic N) is 1. The van der Waals surface area contributed by atoms with Crippen molar-refractivity contribution in [2.75, 3.05) is 4.90 Å². The molecule has 5 rings (SSSR count). The second-order valence-corrected chi connectivity index (χ2v) is 7.11. The molecule has 3 aliphatic rings. The van der Waals surface area contributed by atoms with Gasteiger partial charge in [0.2, 0.25) is 11.8 Å². The van der Waals surface area contributed by atoms with E-state index >= 15 is 0 Å². The van der Waals surface area contributed by atoms with Crippen LogP contribution in [0.1, 0.15) is 41.6 Å². The largest absolute Gasteiger partial charge is 0.289 e. The van der Waals surface area contributed by atoms with Crippen molar-refractivity contribution in [3.8, 4) is 11.1 Å². The molecule has 1 aliphatic heterocycles. The molecule has 2 fully saturated rings. The molecule has 2 aromatic carbocycles. The summed E-state index contributed by atoms with van der Waals surface area (Å²) in [7, 11) is 0. The lowest BCUT2D eigenvalue weighted by molar-refractivity contribution is -0.122. The highest BCUT2D eigenvalue weighted by Gasteiger charge is 2.49. The standard InChI is InChI=1S/C21H17NO3/c23-19-15-6-2-1-5-13(15)14-10-9-12(11-18(14)19)22-20(24)16-7-3-4-8-17(16)21(22)25/h1-2,5-6,9-11,16-17H,3-4,7-8H2/t16-,17+. The molecule has 2 aliphatic carbocycles. The number of fused-ring (bicyclic) bond motifs is 4. The van der Waals surface area contributed by atoms with Crippen molar-refractivity contribution in [1.82, 2.24) is 0 Å². The van der Waals surface area contributed by atoms with E-state index in [1.165, 1.54) is 4.90 Å². The summed E-state index contributed by atoms with van der Waals surface area (Å²) in [5, 5.41) is 0. The monoisotopic (exact) mass is 331 g/mol. The molecule has 2 aromatic rings. The second-order valence-electron chi connectivity index (χ2n) is 7.11. The lowest BCUT2D eigenvalue weighted by atomic mass is 9.81. The van der Waals surface area contributed by atoms with Gasteiger partial charge in [-0.3, -0.25) is 19.3 Å². The van der Waals surface area contributed by atoms with E-state index in [1.807, 2.05) is 30.3 Å². The topological polar surface area (TPSA) is 54.5 Å². The van der Waals surface area contributed by atoms with Crippen molar-refractivity contribution in [2.24, 2.45) is 11.8 Å². The summed E-state index contributed by atoms with van der Waals surface area (Å²) >= 11 is 0. The van der Waals surface area contributed by atoms with Crippen LogP contribution in [0.5, 0.6) is 0 Å². The van der Waals surface area contributed by atoms with Crippen molar-refractivity contribution in [3.63, 3.8) is 0 Å². The zero-order valence-electron chi connectivity index (χ0n) is 13.7. The lowest BCUT2D eigenvalue weighted by Gasteiger charge is -2.19. The molecule has 2 amide bonds. The zero-order valence-corrected chi connectivity index (χ0v) is 13.7. The lowest BCUT2D eigenvalue weighted by Crippen LogP contribution is -2.30. The van der Waals surface area contributed by atoms with E-state index in [2.05, 4.69) is 0 Å². The summed E-state index contributed by atoms with van der Waals surface area (Å²) in [5.41, 5.74) is 3.59. The molecule has 0 N–H and O–H groups in total. The fourth-order valence-electron chi connectivity index (χ4n) is 4.57. The van der Waals surface area contributed by atoms with Gasteiger partial charge in [-0.05, 0) is 36.1 Å². The van der Waals surface area contributed by atoms with E-state index in [4.69, 9.17) is 0 Å². The van der Waals surface area contributed by atoms with Crippen LogP contribution in [0.2, 0.25) is 0 Å². The highest BCUT2D eigenvalue weighted by Crippen LogP contribution is 2.42. The minimum atomic E-state index is -0.178. The maximum absolute atomic E-state index is 12.8. The summed E-state index contributed by atoms with van der Waals surface area (Å²) < 4.78 is 0. The number of hydrogen-bond acceptors (Lipinski definition) is 3. The average Bonchev–Trinajstić information content (AvgIpc) is 3.08. The molecule has 1 saturated carbocycles. The zero-order chi connectivity index (χ0) is 17.1. The first kappa shape index (κ1) is 14.6. The normalized spacial score (nSPS) is 24.3. The molecule has 0 radical (unpaired) electrons. The Labute approximate surface area is 145 Å². The fourth-order valence-corrected chi connectivity index (χ4v) is 4.57. The average molecular weight is 331 g/mol.